The molecular formula is C15H16N2O3. The van der Waals surface area contributed by atoms with Gasteiger partial charge in [0.05, 0.1) is 13.0 Å². The van der Waals surface area contributed by atoms with Crippen LogP contribution in [0.5, 0.6) is 0 Å². The Balaban J connectivity index is 1.87. The Kier molecular flexibility index (Phi) is 3.18. The first-order valence-electron chi connectivity index (χ1n) is 6.60. The van der Waals surface area contributed by atoms with Crippen molar-refractivity contribution in [2.24, 2.45) is 0 Å². The van der Waals surface area contributed by atoms with Crippen molar-refractivity contribution >= 4 is 11.7 Å². The van der Waals surface area contributed by atoms with E-state index >= 15 is 0 Å². The number of carboxylic acid groups (broad SMARTS) is 1. The molecule has 0 radical (unpaired) electrons. The van der Waals surface area contributed by atoms with Crippen LogP contribution in [-0.2, 0) is 11.3 Å². The number of anilines is 1. The van der Waals surface area contributed by atoms with Gasteiger partial charge in [0, 0.05) is 18.2 Å². The molecule has 0 spiro atoms. The zero-order chi connectivity index (χ0) is 14.1. The van der Waals surface area contributed by atoms with Gasteiger partial charge in [0.2, 0.25) is 0 Å². The number of aryl methyl sites for hydroxylation is 1. The van der Waals surface area contributed by atoms with E-state index < -0.39 is 5.97 Å². The number of carboxylic acids is 1. The normalized spacial score (nSPS) is 17.2. The summed E-state index contributed by atoms with van der Waals surface area (Å²) in [5.41, 5.74) is 3.10. The Morgan fingerprint density at radius 1 is 1.50 bits per heavy atom. The van der Waals surface area contributed by atoms with E-state index in [-0.39, 0.29) is 12.3 Å². The average molecular weight is 272 g/mol. The standard InChI is InChI=1S/C15H16N2O3/c1-10-13(16-9-20-10)8-17-7-11(6-15(18)19)12-4-2-3-5-14(12)17/h2-5,9,11H,6-8H2,1H3,(H,18,19). The van der Waals surface area contributed by atoms with E-state index in [1.165, 1.54) is 6.39 Å². The summed E-state index contributed by atoms with van der Waals surface area (Å²) in [6, 6.07) is 7.98. The van der Waals surface area contributed by atoms with Crippen molar-refractivity contribution in [2.45, 2.75) is 25.8 Å². The first kappa shape index (κ1) is 12.7. The number of oxazole rings is 1. The van der Waals surface area contributed by atoms with Gasteiger partial charge in [-0.2, -0.15) is 0 Å². The van der Waals surface area contributed by atoms with E-state index in [9.17, 15) is 4.79 Å². The molecule has 1 N–H and O–H groups in total. The molecule has 104 valence electrons. The van der Waals surface area contributed by atoms with E-state index in [4.69, 9.17) is 9.52 Å². The zero-order valence-electron chi connectivity index (χ0n) is 11.2. The monoisotopic (exact) mass is 272 g/mol. The molecule has 5 nitrogen and oxygen atoms in total. The van der Waals surface area contributed by atoms with Crippen molar-refractivity contribution < 1.29 is 14.3 Å². The fraction of sp³-hybridized carbons (Fsp3) is 0.333. The number of aromatic nitrogens is 1. The Bertz CT molecular complexity index is 636. The molecule has 1 aliphatic rings. The molecule has 20 heavy (non-hydrogen) atoms. The number of hydrogen-bond acceptors (Lipinski definition) is 4. The molecule has 0 fully saturated rings. The third-order valence-corrected chi connectivity index (χ3v) is 3.76. The van der Waals surface area contributed by atoms with Gasteiger partial charge < -0.3 is 14.4 Å². The molecule has 0 aliphatic carbocycles. The first-order chi connectivity index (χ1) is 9.65. The Labute approximate surface area is 116 Å². The summed E-state index contributed by atoms with van der Waals surface area (Å²) in [6.45, 7) is 3.24. The number of rotatable bonds is 4. The van der Waals surface area contributed by atoms with Crippen LogP contribution in [0.1, 0.15) is 29.4 Å². The average Bonchev–Trinajstić information content (AvgIpc) is 2.96. The second-order valence-electron chi connectivity index (χ2n) is 5.09. The molecule has 1 aliphatic heterocycles. The smallest absolute Gasteiger partial charge is 0.304 e. The SMILES string of the molecule is Cc1ocnc1CN1CC(CC(=O)O)c2ccccc21. The highest BCUT2D eigenvalue weighted by Gasteiger charge is 2.30. The van der Waals surface area contributed by atoms with Gasteiger partial charge in [0.15, 0.2) is 6.39 Å². The van der Waals surface area contributed by atoms with Gasteiger partial charge in [-0.3, -0.25) is 4.79 Å². The van der Waals surface area contributed by atoms with Gasteiger partial charge >= 0.3 is 5.97 Å². The van der Waals surface area contributed by atoms with Gasteiger partial charge in [-0.1, -0.05) is 18.2 Å². The Morgan fingerprint density at radius 3 is 3.00 bits per heavy atom. The number of nitrogens with zero attached hydrogens (tertiary/aromatic N) is 2. The van der Waals surface area contributed by atoms with Crippen LogP contribution in [0.4, 0.5) is 5.69 Å². The fourth-order valence-corrected chi connectivity index (χ4v) is 2.78. The molecular weight excluding hydrogens is 256 g/mol. The highest BCUT2D eigenvalue weighted by molar-refractivity contribution is 5.71. The Hall–Kier alpha value is -2.30. The molecule has 2 heterocycles. The minimum absolute atomic E-state index is 0.0379. The molecule has 1 aromatic carbocycles. The lowest BCUT2D eigenvalue weighted by Crippen LogP contribution is -2.22. The molecule has 3 rings (SSSR count). The number of aliphatic carboxylic acids is 1. The maximum Gasteiger partial charge on any atom is 0.304 e. The molecule has 0 saturated carbocycles. The largest absolute Gasteiger partial charge is 0.481 e. The molecule has 0 saturated heterocycles. The molecule has 0 bridgehead atoms. The van der Waals surface area contributed by atoms with Gasteiger partial charge in [-0.25, -0.2) is 4.98 Å². The summed E-state index contributed by atoms with van der Waals surface area (Å²) >= 11 is 0. The van der Waals surface area contributed by atoms with Crippen molar-refractivity contribution in [3.05, 3.63) is 47.7 Å². The highest BCUT2D eigenvalue weighted by Crippen LogP contribution is 2.38. The predicted molar refractivity (Wildman–Crippen MR) is 73.7 cm³/mol. The molecule has 1 aromatic heterocycles. The summed E-state index contributed by atoms with van der Waals surface area (Å²) in [5.74, 6) is 0.0874. The summed E-state index contributed by atoms with van der Waals surface area (Å²) in [6.07, 6.45) is 1.60. The van der Waals surface area contributed by atoms with Crippen LogP contribution in [0.15, 0.2) is 35.1 Å². The van der Waals surface area contributed by atoms with Crippen molar-refractivity contribution in [2.75, 3.05) is 11.4 Å². The van der Waals surface area contributed by atoms with Crippen molar-refractivity contribution in [1.29, 1.82) is 0 Å². The van der Waals surface area contributed by atoms with E-state index in [0.717, 1.165) is 22.7 Å². The van der Waals surface area contributed by atoms with Gasteiger partial charge in [0.25, 0.3) is 0 Å². The fourth-order valence-electron chi connectivity index (χ4n) is 2.78. The van der Waals surface area contributed by atoms with Crippen LogP contribution in [0, 0.1) is 6.92 Å². The van der Waals surface area contributed by atoms with Crippen molar-refractivity contribution in [3.8, 4) is 0 Å². The highest BCUT2D eigenvalue weighted by atomic mass is 16.4. The summed E-state index contributed by atoms with van der Waals surface area (Å²) in [5, 5.41) is 9.04. The minimum atomic E-state index is -0.760. The number of hydrogen-bond donors (Lipinski definition) is 1. The molecule has 1 atom stereocenters. The first-order valence-corrected chi connectivity index (χ1v) is 6.60. The quantitative estimate of drug-likeness (QED) is 0.926. The summed E-state index contributed by atoms with van der Waals surface area (Å²) < 4.78 is 5.22. The number of benzene rings is 1. The zero-order valence-corrected chi connectivity index (χ0v) is 11.2. The van der Waals surface area contributed by atoms with Crippen LogP contribution >= 0.6 is 0 Å². The van der Waals surface area contributed by atoms with Crippen molar-refractivity contribution in [3.63, 3.8) is 0 Å². The number of fused-ring (bicyclic) bond motifs is 1. The second-order valence-corrected chi connectivity index (χ2v) is 5.09. The van der Waals surface area contributed by atoms with Gasteiger partial charge in [0.1, 0.15) is 11.5 Å². The second kappa shape index (κ2) is 5.00. The lowest BCUT2D eigenvalue weighted by atomic mass is 9.98. The Morgan fingerprint density at radius 2 is 2.30 bits per heavy atom. The van der Waals surface area contributed by atoms with Gasteiger partial charge in [-0.15, -0.1) is 0 Å². The molecule has 5 heteroatoms. The maximum absolute atomic E-state index is 11.0. The van der Waals surface area contributed by atoms with E-state index in [1.54, 1.807) is 0 Å². The third-order valence-electron chi connectivity index (χ3n) is 3.76. The van der Waals surface area contributed by atoms with Crippen LogP contribution in [0.25, 0.3) is 0 Å². The van der Waals surface area contributed by atoms with E-state index in [2.05, 4.69) is 9.88 Å². The number of carbonyl (C=O) groups is 1. The predicted octanol–water partition coefficient (Wildman–Crippen LogP) is 2.56. The maximum atomic E-state index is 11.0. The summed E-state index contributed by atoms with van der Waals surface area (Å²) in [4.78, 5) is 17.4. The van der Waals surface area contributed by atoms with Gasteiger partial charge in [-0.05, 0) is 18.6 Å². The molecule has 2 aromatic rings. The topological polar surface area (TPSA) is 66.6 Å². The molecule has 0 amide bonds. The van der Waals surface area contributed by atoms with Crippen molar-refractivity contribution in [1.82, 2.24) is 4.98 Å². The van der Waals surface area contributed by atoms with Crippen LogP contribution in [0.3, 0.4) is 0 Å². The number of para-hydroxylation sites is 1. The lowest BCUT2D eigenvalue weighted by Gasteiger charge is -2.18. The summed E-state index contributed by atoms with van der Waals surface area (Å²) in [7, 11) is 0. The molecule has 1 unspecified atom stereocenters. The van der Waals surface area contributed by atoms with E-state index in [1.807, 2.05) is 31.2 Å². The van der Waals surface area contributed by atoms with E-state index in [0.29, 0.717) is 13.1 Å². The third kappa shape index (κ3) is 2.27. The van der Waals surface area contributed by atoms with Crippen LogP contribution < -0.4 is 4.90 Å². The lowest BCUT2D eigenvalue weighted by molar-refractivity contribution is -0.137. The minimum Gasteiger partial charge on any atom is -0.481 e. The van der Waals surface area contributed by atoms with Crippen LogP contribution in [-0.4, -0.2) is 22.6 Å². The van der Waals surface area contributed by atoms with Crippen LogP contribution in [0.2, 0.25) is 0 Å².